The van der Waals surface area contributed by atoms with E-state index in [1.807, 2.05) is 42.5 Å². The minimum atomic E-state index is 0.488. The first-order chi connectivity index (χ1) is 8.28. The van der Waals surface area contributed by atoms with Gasteiger partial charge in [-0.3, -0.25) is 0 Å². The molecule has 17 heavy (non-hydrogen) atoms. The Morgan fingerprint density at radius 3 is 2.59 bits per heavy atom. The van der Waals surface area contributed by atoms with E-state index in [0.29, 0.717) is 4.77 Å². The van der Waals surface area contributed by atoms with Gasteiger partial charge in [0, 0.05) is 11.9 Å². The first-order valence-electron chi connectivity index (χ1n) is 5.15. The van der Waals surface area contributed by atoms with Gasteiger partial charge in [-0.15, -0.1) is 0 Å². The Morgan fingerprint density at radius 2 is 1.94 bits per heavy atom. The fourth-order valence-corrected chi connectivity index (χ4v) is 1.56. The number of nitrogens with zero attached hydrogens (tertiary/aromatic N) is 1. The highest BCUT2D eigenvalue weighted by molar-refractivity contribution is 7.71. The zero-order valence-corrected chi connectivity index (χ0v) is 10.2. The van der Waals surface area contributed by atoms with Crippen LogP contribution < -0.4 is 4.74 Å². The average Bonchev–Trinajstić information content (AvgIpc) is 2.37. The van der Waals surface area contributed by atoms with E-state index in [1.165, 1.54) is 0 Å². The molecule has 2 rings (SSSR count). The summed E-state index contributed by atoms with van der Waals surface area (Å²) in [6.07, 6.45) is 5.64. The van der Waals surface area contributed by atoms with Crippen molar-refractivity contribution >= 4 is 24.4 Å². The number of nitrogens with one attached hydrogen (secondary N) is 1. The Labute approximate surface area is 105 Å². The van der Waals surface area contributed by atoms with Crippen molar-refractivity contribution in [1.29, 1.82) is 0 Å². The van der Waals surface area contributed by atoms with Crippen molar-refractivity contribution in [3.05, 3.63) is 52.6 Å². The lowest BCUT2D eigenvalue weighted by molar-refractivity contribution is 0.415. The minimum Gasteiger partial charge on any atom is -0.497 e. The normalized spacial score (nSPS) is 10.6. The van der Waals surface area contributed by atoms with E-state index >= 15 is 0 Å². The number of ether oxygens (including phenoxy) is 1. The summed E-state index contributed by atoms with van der Waals surface area (Å²) in [7, 11) is 1.65. The molecular weight excluding hydrogens is 232 g/mol. The van der Waals surface area contributed by atoms with Gasteiger partial charge in [0.05, 0.1) is 7.11 Å². The molecule has 1 heterocycles. The lowest BCUT2D eigenvalue weighted by Gasteiger charge is -1.99. The predicted molar refractivity (Wildman–Crippen MR) is 71.3 cm³/mol. The number of methoxy groups -OCH3 is 1. The summed E-state index contributed by atoms with van der Waals surface area (Å²) in [6.45, 7) is 0. The van der Waals surface area contributed by atoms with Crippen LogP contribution in [-0.2, 0) is 0 Å². The molecule has 1 N–H and O–H groups in total. The van der Waals surface area contributed by atoms with Gasteiger partial charge >= 0.3 is 0 Å². The third-order valence-electron chi connectivity index (χ3n) is 2.27. The summed E-state index contributed by atoms with van der Waals surface area (Å²) in [5, 5.41) is 0. The zero-order valence-electron chi connectivity index (χ0n) is 9.38. The smallest absolute Gasteiger partial charge is 0.197 e. The molecule has 0 saturated heterocycles. The molecule has 0 aliphatic carbocycles. The number of aromatic nitrogens is 2. The van der Waals surface area contributed by atoms with Crippen LogP contribution in [0, 0.1) is 4.77 Å². The van der Waals surface area contributed by atoms with E-state index in [9.17, 15) is 0 Å². The topological polar surface area (TPSA) is 37.9 Å². The van der Waals surface area contributed by atoms with E-state index in [0.717, 1.165) is 17.0 Å². The first kappa shape index (κ1) is 11.5. The molecule has 0 atom stereocenters. The zero-order chi connectivity index (χ0) is 12.1. The van der Waals surface area contributed by atoms with Crippen molar-refractivity contribution in [2.24, 2.45) is 0 Å². The van der Waals surface area contributed by atoms with Gasteiger partial charge in [-0.05, 0) is 42.1 Å². The molecule has 0 radical (unpaired) electrons. The largest absolute Gasteiger partial charge is 0.497 e. The SMILES string of the molecule is COc1ccc(/C=C/c2ccnc(=S)[nH]2)cc1. The fourth-order valence-electron chi connectivity index (χ4n) is 1.38. The van der Waals surface area contributed by atoms with Crippen LogP contribution >= 0.6 is 12.2 Å². The van der Waals surface area contributed by atoms with Gasteiger partial charge in [0.25, 0.3) is 0 Å². The molecule has 0 unspecified atom stereocenters. The van der Waals surface area contributed by atoms with Gasteiger partial charge in [-0.2, -0.15) is 0 Å². The second-order valence-electron chi connectivity index (χ2n) is 3.44. The highest BCUT2D eigenvalue weighted by Crippen LogP contribution is 2.13. The summed E-state index contributed by atoms with van der Waals surface area (Å²) in [4.78, 5) is 6.92. The van der Waals surface area contributed by atoms with Crippen LogP contribution in [0.5, 0.6) is 5.75 Å². The van der Waals surface area contributed by atoms with Crippen molar-refractivity contribution in [2.75, 3.05) is 7.11 Å². The summed E-state index contributed by atoms with van der Waals surface area (Å²) >= 11 is 4.95. The molecule has 0 amide bonds. The van der Waals surface area contributed by atoms with Gasteiger partial charge < -0.3 is 9.72 Å². The van der Waals surface area contributed by atoms with E-state index in [1.54, 1.807) is 13.3 Å². The van der Waals surface area contributed by atoms with Crippen molar-refractivity contribution in [3.63, 3.8) is 0 Å². The second kappa shape index (κ2) is 5.41. The Bertz CT molecular complexity index is 572. The Morgan fingerprint density at radius 1 is 1.18 bits per heavy atom. The number of hydrogen-bond acceptors (Lipinski definition) is 3. The van der Waals surface area contributed by atoms with E-state index < -0.39 is 0 Å². The van der Waals surface area contributed by atoms with Crippen molar-refractivity contribution in [1.82, 2.24) is 9.97 Å². The lowest BCUT2D eigenvalue weighted by Crippen LogP contribution is -1.84. The van der Waals surface area contributed by atoms with Gasteiger partial charge in [-0.25, -0.2) is 4.98 Å². The van der Waals surface area contributed by atoms with E-state index in [2.05, 4.69) is 9.97 Å². The summed E-state index contributed by atoms with van der Waals surface area (Å²) in [6, 6.07) is 9.70. The van der Waals surface area contributed by atoms with Crippen LogP contribution in [0.15, 0.2) is 36.5 Å². The maximum Gasteiger partial charge on any atom is 0.197 e. The summed E-state index contributed by atoms with van der Waals surface area (Å²) < 4.78 is 5.58. The molecule has 0 bridgehead atoms. The van der Waals surface area contributed by atoms with Crippen LogP contribution in [0.2, 0.25) is 0 Å². The molecule has 1 aromatic carbocycles. The Hall–Kier alpha value is -1.94. The molecule has 4 heteroatoms. The quantitative estimate of drug-likeness (QED) is 0.842. The molecule has 0 saturated carbocycles. The molecule has 0 spiro atoms. The number of rotatable bonds is 3. The highest BCUT2D eigenvalue weighted by Gasteiger charge is 1.90. The maximum absolute atomic E-state index is 5.10. The summed E-state index contributed by atoms with van der Waals surface area (Å²) in [5.41, 5.74) is 2.03. The van der Waals surface area contributed by atoms with E-state index in [4.69, 9.17) is 17.0 Å². The first-order valence-corrected chi connectivity index (χ1v) is 5.56. The van der Waals surface area contributed by atoms with Crippen LogP contribution in [0.25, 0.3) is 12.2 Å². The van der Waals surface area contributed by atoms with Crippen molar-refractivity contribution < 1.29 is 4.74 Å². The molecule has 0 fully saturated rings. The fraction of sp³-hybridized carbons (Fsp3) is 0.0769. The molecule has 0 aliphatic heterocycles. The molecule has 0 aliphatic rings. The van der Waals surface area contributed by atoms with Gasteiger partial charge in [0.2, 0.25) is 0 Å². The second-order valence-corrected chi connectivity index (χ2v) is 3.82. The van der Waals surface area contributed by atoms with Crippen molar-refractivity contribution in [3.8, 4) is 5.75 Å². The monoisotopic (exact) mass is 244 g/mol. The third-order valence-corrected chi connectivity index (χ3v) is 2.48. The van der Waals surface area contributed by atoms with Gasteiger partial charge in [0.1, 0.15) is 5.75 Å². The molecule has 2 aromatic rings. The molecular formula is C13H12N2OS. The molecule has 3 nitrogen and oxygen atoms in total. The van der Waals surface area contributed by atoms with Crippen molar-refractivity contribution in [2.45, 2.75) is 0 Å². The average molecular weight is 244 g/mol. The lowest BCUT2D eigenvalue weighted by atomic mass is 10.2. The van der Waals surface area contributed by atoms with Crippen LogP contribution in [0.1, 0.15) is 11.3 Å². The van der Waals surface area contributed by atoms with Crippen LogP contribution in [0.4, 0.5) is 0 Å². The standard InChI is InChI=1S/C13H12N2OS/c1-16-12-6-3-10(4-7-12)2-5-11-8-9-14-13(17)15-11/h2-9H,1H3,(H,14,15,17)/b5-2+. The highest BCUT2D eigenvalue weighted by atomic mass is 32.1. The maximum atomic E-state index is 5.10. The van der Waals surface area contributed by atoms with Crippen LogP contribution in [0.3, 0.4) is 0 Å². The number of aromatic amines is 1. The number of hydrogen-bond donors (Lipinski definition) is 1. The number of H-pyrrole nitrogens is 1. The molecule has 86 valence electrons. The molecule has 1 aromatic heterocycles. The number of benzene rings is 1. The minimum absolute atomic E-state index is 0.488. The van der Waals surface area contributed by atoms with Gasteiger partial charge in [0.15, 0.2) is 4.77 Å². The Balaban J connectivity index is 2.17. The van der Waals surface area contributed by atoms with Crippen LogP contribution in [-0.4, -0.2) is 17.1 Å². The third kappa shape index (κ3) is 3.26. The Kier molecular flexibility index (Phi) is 3.67. The van der Waals surface area contributed by atoms with E-state index in [-0.39, 0.29) is 0 Å². The van der Waals surface area contributed by atoms with Gasteiger partial charge in [-0.1, -0.05) is 18.2 Å². The summed E-state index contributed by atoms with van der Waals surface area (Å²) in [5.74, 6) is 0.852. The predicted octanol–water partition coefficient (Wildman–Crippen LogP) is 3.32.